The Kier molecular flexibility index (Phi) is 5.00. The van der Waals surface area contributed by atoms with Crippen molar-refractivity contribution in [1.29, 1.82) is 0 Å². The van der Waals surface area contributed by atoms with Crippen molar-refractivity contribution in [3.05, 3.63) is 0 Å². The maximum atomic E-state index is 5.58. The molecule has 3 heteroatoms. The van der Waals surface area contributed by atoms with Crippen molar-refractivity contribution in [2.75, 3.05) is 26.8 Å². The summed E-state index contributed by atoms with van der Waals surface area (Å²) < 4.78 is 5.58. The number of fused-ring (bicyclic) bond motifs is 2. The van der Waals surface area contributed by atoms with E-state index in [9.17, 15) is 0 Å². The first kappa shape index (κ1) is 14.8. The third kappa shape index (κ3) is 3.05. The van der Waals surface area contributed by atoms with Crippen LogP contribution >= 0.6 is 0 Å². The molecule has 3 unspecified atom stereocenters. The Hall–Kier alpha value is -0.120. The molecule has 0 aromatic heterocycles. The summed E-state index contributed by atoms with van der Waals surface area (Å²) in [6, 6.07) is 2.48. The van der Waals surface area contributed by atoms with E-state index >= 15 is 0 Å². The first-order valence-corrected chi connectivity index (χ1v) is 8.82. The first-order chi connectivity index (χ1) is 9.79. The van der Waals surface area contributed by atoms with Crippen LogP contribution in [0.4, 0.5) is 0 Å². The van der Waals surface area contributed by atoms with Crippen molar-refractivity contribution < 1.29 is 4.74 Å². The van der Waals surface area contributed by atoms with Crippen LogP contribution in [0, 0.1) is 11.8 Å². The summed E-state index contributed by atoms with van der Waals surface area (Å²) in [5, 5.41) is 3.92. The Morgan fingerprint density at radius 2 is 1.70 bits per heavy atom. The maximum absolute atomic E-state index is 5.58. The van der Waals surface area contributed by atoms with Gasteiger partial charge in [0, 0.05) is 31.3 Å². The van der Waals surface area contributed by atoms with Gasteiger partial charge in [0.1, 0.15) is 0 Å². The second kappa shape index (κ2) is 6.76. The lowest BCUT2D eigenvalue weighted by Gasteiger charge is -2.43. The SMILES string of the molecule is CCCNC(C1CCOCC1)C1CC2CCC(C1)N2C. The van der Waals surface area contributed by atoms with Crippen LogP contribution in [0.1, 0.15) is 51.9 Å². The van der Waals surface area contributed by atoms with Crippen LogP contribution in [0.25, 0.3) is 0 Å². The Morgan fingerprint density at radius 1 is 1.05 bits per heavy atom. The summed E-state index contributed by atoms with van der Waals surface area (Å²) in [4.78, 5) is 2.66. The average Bonchev–Trinajstić information content (AvgIpc) is 2.70. The lowest BCUT2D eigenvalue weighted by molar-refractivity contribution is 0.0283. The maximum Gasteiger partial charge on any atom is 0.0469 e. The van der Waals surface area contributed by atoms with Crippen LogP contribution in [0.2, 0.25) is 0 Å². The molecule has 3 aliphatic rings. The third-order valence-corrected chi connectivity index (χ3v) is 6.05. The molecule has 3 saturated heterocycles. The van der Waals surface area contributed by atoms with Crippen LogP contribution < -0.4 is 5.32 Å². The largest absolute Gasteiger partial charge is 0.381 e. The monoisotopic (exact) mass is 280 g/mol. The lowest BCUT2D eigenvalue weighted by atomic mass is 9.77. The van der Waals surface area contributed by atoms with Crippen LogP contribution in [-0.2, 0) is 4.74 Å². The molecular weight excluding hydrogens is 248 g/mol. The number of rotatable bonds is 5. The van der Waals surface area contributed by atoms with Crippen molar-refractivity contribution in [2.24, 2.45) is 11.8 Å². The zero-order valence-electron chi connectivity index (χ0n) is 13.3. The van der Waals surface area contributed by atoms with Crippen LogP contribution in [0.15, 0.2) is 0 Å². The van der Waals surface area contributed by atoms with Crippen LogP contribution in [-0.4, -0.2) is 49.8 Å². The van der Waals surface area contributed by atoms with E-state index in [1.54, 1.807) is 0 Å². The number of ether oxygens (including phenoxy) is 1. The molecule has 0 radical (unpaired) electrons. The predicted molar refractivity (Wildman–Crippen MR) is 82.9 cm³/mol. The van der Waals surface area contributed by atoms with Gasteiger partial charge in [0.15, 0.2) is 0 Å². The molecule has 0 aromatic carbocycles. The van der Waals surface area contributed by atoms with Gasteiger partial charge in [-0.25, -0.2) is 0 Å². The highest BCUT2D eigenvalue weighted by molar-refractivity contribution is 4.98. The second-order valence-electron chi connectivity index (χ2n) is 7.21. The molecule has 3 heterocycles. The zero-order chi connectivity index (χ0) is 13.9. The van der Waals surface area contributed by atoms with Gasteiger partial charge in [0.2, 0.25) is 0 Å². The molecule has 116 valence electrons. The minimum atomic E-state index is 0.746. The summed E-state index contributed by atoms with van der Waals surface area (Å²) in [6.45, 7) is 5.43. The predicted octanol–water partition coefficient (Wildman–Crippen LogP) is 2.65. The number of hydrogen-bond donors (Lipinski definition) is 1. The molecule has 0 aromatic rings. The molecule has 0 spiro atoms. The standard InChI is InChI=1S/C17H32N2O/c1-3-8-18-17(13-6-9-20-10-7-13)14-11-15-4-5-16(12-14)19(15)2/h13-18H,3-12H2,1-2H3. The van der Waals surface area contributed by atoms with Gasteiger partial charge < -0.3 is 15.0 Å². The van der Waals surface area contributed by atoms with E-state index < -0.39 is 0 Å². The molecule has 0 saturated carbocycles. The molecule has 0 amide bonds. The first-order valence-electron chi connectivity index (χ1n) is 8.82. The highest BCUT2D eigenvalue weighted by atomic mass is 16.5. The van der Waals surface area contributed by atoms with Crippen molar-refractivity contribution in [1.82, 2.24) is 10.2 Å². The fourth-order valence-corrected chi connectivity index (χ4v) is 4.85. The van der Waals surface area contributed by atoms with E-state index in [2.05, 4.69) is 24.2 Å². The van der Waals surface area contributed by atoms with E-state index in [4.69, 9.17) is 4.74 Å². The second-order valence-corrected chi connectivity index (χ2v) is 7.21. The number of nitrogens with one attached hydrogen (secondary N) is 1. The molecule has 0 aliphatic carbocycles. The molecule has 2 bridgehead atoms. The molecule has 3 rings (SSSR count). The Morgan fingerprint density at radius 3 is 2.30 bits per heavy atom. The van der Waals surface area contributed by atoms with E-state index in [-0.39, 0.29) is 0 Å². The average molecular weight is 280 g/mol. The molecular formula is C17H32N2O. The van der Waals surface area contributed by atoms with E-state index in [0.29, 0.717) is 0 Å². The van der Waals surface area contributed by atoms with Crippen LogP contribution in [0.5, 0.6) is 0 Å². The van der Waals surface area contributed by atoms with Crippen molar-refractivity contribution in [3.8, 4) is 0 Å². The zero-order valence-corrected chi connectivity index (χ0v) is 13.3. The summed E-state index contributed by atoms with van der Waals surface area (Å²) >= 11 is 0. The fraction of sp³-hybridized carbons (Fsp3) is 1.00. The van der Waals surface area contributed by atoms with E-state index in [0.717, 1.165) is 43.2 Å². The number of piperidine rings is 1. The van der Waals surface area contributed by atoms with Gasteiger partial charge in [0.25, 0.3) is 0 Å². The van der Waals surface area contributed by atoms with Crippen molar-refractivity contribution in [3.63, 3.8) is 0 Å². The van der Waals surface area contributed by atoms with E-state index in [1.165, 1.54) is 51.5 Å². The van der Waals surface area contributed by atoms with Gasteiger partial charge >= 0.3 is 0 Å². The minimum absolute atomic E-state index is 0.746. The van der Waals surface area contributed by atoms with Crippen molar-refractivity contribution >= 4 is 0 Å². The lowest BCUT2D eigenvalue weighted by Crippen LogP contribution is -2.51. The Bertz CT molecular complexity index is 289. The van der Waals surface area contributed by atoms with Gasteiger partial charge in [-0.05, 0) is 70.4 Å². The molecule has 20 heavy (non-hydrogen) atoms. The highest BCUT2D eigenvalue weighted by Crippen LogP contribution is 2.41. The number of nitrogens with zero attached hydrogens (tertiary/aromatic N) is 1. The highest BCUT2D eigenvalue weighted by Gasteiger charge is 2.42. The van der Waals surface area contributed by atoms with Crippen molar-refractivity contribution in [2.45, 2.75) is 70.0 Å². The molecule has 3 fully saturated rings. The van der Waals surface area contributed by atoms with Gasteiger partial charge in [-0.2, -0.15) is 0 Å². The molecule has 3 aliphatic heterocycles. The summed E-state index contributed by atoms with van der Waals surface area (Å²) in [7, 11) is 2.35. The minimum Gasteiger partial charge on any atom is -0.381 e. The molecule has 3 atom stereocenters. The smallest absolute Gasteiger partial charge is 0.0469 e. The summed E-state index contributed by atoms with van der Waals surface area (Å²) in [5.74, 6) is 1.75. The summed E-state index contributed by atoms with van der Waals surface area (Å²) in [5.41, 5.74) is 0. The number of hydrogen-bond acceptors (Lipinski definition) is 3. The van der Waals surface area contributed by atoms with Gasteiger partial charge in [-0.15, -0.1) is 0 Å². The van der Waals surface area contributed by atoms with E-state index in [1.807, 2.05) is 0 Å². The quantitative estimate of drug-likeness (QED) is 0.838. The van der Waals surface area contributed by atoms with Gasteiger partial charge in [-0.1, -0.05) is 6.92 Å². The molecule has 1 N–H and O–H groups in total. The van der Waals surface area contributed by atoms with Gasteiger partial charge in [0.05, 0.1) is 0 Å². The van der Waals surface area contributed by atoms with Crippen LogP contribution in [0.3, 0.4) is 0 Å². The summed E-state index contributed by atoms with van der Waals surface area (Å²) in [6.07, 6.45) is 9.50. The fourth-order valence-electron chi connectivity index (χ4n) is 4.85. The molecule has 3 nitrogen and oxygen atoms in total. The normalized spacial score (nSPS) is 37.2. The Balaban J connectivity index is 1.65. The Labute approximate surface area is 124 Å². The third-order valence-electron chi connectivity index (χ3n) is 6.05. The topological polar surface area (TPSA) is 24.5 Å². The van der Waals surface area contributed by atoms with Gasteiger partial charge in [-0.3, -0.25) is 0 Å².